The van der Waals surface area contributed by atoms with Gasteiger partial charge in [-0.1, -0.05) is 12.1 Å². The third-order valence-corrected chi connectivity index (χ3v) is 4.71. The predicted octanol–water partition coefficient (Wildman–Crippen LogP) is 3.12. The molecule has 10 heteroatoms. The molecule has 1 atom stereocenters. The van der Waals surface area contributed by atoms with E-state index in [0.29, 0.717) is 26.4 Å². The third kappa shape index (κ3) is 9.80. The van der Waals surface area contributed by atoms with E-state index in [1.54, 1.807) is 26.3 Å². The number of methoxy groups -OCH3 is 1. The Balaban J connectivity index is 0.00000450. The normalized spacial score (nSPS) is 17.6. The van der Waals surface area contributed by atoms with Crippen LogP contribution in [0.1, 0.15) is 24.0 Å². The molecule has 0 radical (unpaired) electrons. The Kier molecular flexibility index (Phi) is 12.6. The summed E-state index contributed by atoms with van der Waals surface area (Å²) < 4.78 is 48.3. The summed E-state index contributed by atoms with van der Waals surface area (Å²) in [6.45, 7) is 4.97. The Morgan fingerprint density at radius 1 is 1.20 bits per heavy atom. The van der Waals surface area contributed by atoms with Crippen LogP contribution < -0.4 is 10.6 Å². The lowest BCUT2D eigenvalue weighted by atomic mass is 10.1. The van der Waals surface area contributed by atoms with Crippen molar-refractivity contribution >= 4 is 29.9 Å². The highest BCUT2D eigenvalue weighted by Gasteiger charge is 2.30. The Labute approximate surface area is 193 Å². The number of hydrogen-bond donors (Lipinski definition) is 2. The molecule has 0 spiro atoms. The molecular weight excluding hydrogens is 512 g/mol. The van der Waals surface area contributed by atoms with Crippen LogP contribution in [-0.2, 0) is 22.2 Å². The maximum absolute atomic E-state index is 12.7. The minimum Gasteiger partial charge on any atom is -0.382 e. The monoisotopic (exact) mass is 544 g/mol. The minimum atomic E-state index is -4.29. The van der Waals surface area contributed by atoms with Gasteiger partial charge in [0.2, 0.25) is 0 Å². The van der Waals surface area contributed by atoms with Crippen molar-refractivity contribution in [2.75, 3.05) is 53.6 Å². The van der Waals surface area contributed by atoms with Crippen LogP contribution in [0.4, 0.5) is 13.2 Å². The number of likely N-dealkylation sites (tertiary alicyclic amines) is 1. The van der Waals surface area contributed by atoms with E-state index in [1.807, 2.05) is 0 Å². The zero-order valence-electron chi connectivity index (χ0n) is 17.5. The van der Waals surface area contributed by atoms with Gasteiger partial charge in [0.15, 0.2) is 5.96 Å². The van der Waals surface area contributed by atoms with Crippen LogP contribution >= 0.6 is 24.0 Å². The van der Waals surface area contributed by atoms with Crippen molar-refractivity contribution in [2.24, 2.45) is 4.99 Å². The standard InChI is InChI=1S/C20H31F3N4O2.HI/c1-24-19(25-9-3-11-29-13-12-28-2)26-18-8-10-27(15-18)14-16-4-6-17(7-5-16)20(21,22)23;/h4-7,18H,3,8-15H2,1-2H3,(H2,24,25,26);1H. The molecule has 172 valence electrons. The molecule has 1 saturated heterocycles. The molecule has 1 aliphatic heterocycles. The first-order valence-electron chi connectivity index (χ1n) is 9.84. The second-order valence-corrected chi connectivity index (χ2v) is 7.02. The van der Waals surface area contributed by atoms with Gasteiger partial charge in [-0.3, -0.25) is 9.89 Å². The fraction of sp³-hybridized carbons (Fsp3) is 0.650. The summed E-state index contributed by atoms with van der Waals surface area (Å²) in [4.78, 5) is 6.48. The quantitative estimate of drug-likeness (QED) is 0.205. The third-order valence-electron chi connectivity index (χ3n) is 4.71. The number of rotatable bonds is 10. The number of guanidine groups is 1. The van der Waals surface area contributed by atoms with Gasteiger partial charge in [0.05, 0.1) is 18.8 Å². The molecule has 0 aliphatic carbocycles. The van der Waals surface area contributed by atoms with E-state index < -0.39 is 11.7 Å². The molecule has 0 saturated carbocycles. The maximum Gasteiger partial charge on any atom is 0.416 e. The van der Waals surface area contributed by atoms with Gasteiger partial charge in [-0.05, 0) is 30.5 Å². The molecule has 0 bridgehead atoms. The number of nitrogens with zero attached hydrogens (tertiary/aromatic N) is 2. The summed E-state index contributed by atoms with van der Waals surface area (Å²) in [6.07, 6.45) is -2.46. The van der Waals surface area contributed by atoms with E-state index in [-0.39, 0.29) is 30.0 Å². The molecular formula is C20H32F3IN4O2. The Morgan fingerprint density at radius 3 is 2.57 bits per heavy atom. The smallest absolute Gasteiger partial charge is 0.382 e. The van der Waals surface area contributed by atoms with Crippen molar-refractivity contribution in [3.8, 4) is 0 Å². The average Bonchev–Trinajstić information content (AvgIpc) is 3.13. The van der Waals surface area contributed by atoms with E-state index in [4.69, 9.17) is 9.47 Å². The number of halogens is 4. The van der Waals surface area contributed by atoms with Crippen LogP contribution in [0, 0.1) is 0 Å². The van der Waals surface area contributed by atoms with E-state index in [0.717, 1.165) is 56.1 Å². The lowest BCUT2D eigenvalue weighted by Crippen LogP contribution is -2.44. The first-order chi connectivity index (χ1) is 13.9. The highest BCUT2D eigenvalue weighted by atomic mass is 127. The van der Waals surface area contributed by atoms with Crippen LogP contribution in [-0.4, -0.2) is 70.5 Å². The number of alkyl halides is 3. The predicted molar refractivity (Wildman–Crippen MR) is 122 cm³/mol. The Bertz CT molecular complexity index is 629. The van der Waals surface area contributed by atoms with Crippen LogP contribution in [0.3, 0.4) is 0 Å². The van der Waals surface area contributed by atoms with Gasteiger partial charge < -0.3 is 20.1 Å². The van der Waals surface area contributed by atoms with Crippen LogP contribution in [0.25, 0.3) is 0 Å². The van der Waals surface area contributed by atoms with E-state index in [9.17, 15) is 13.2 Å². The summed E-state index contributed by atoms with van der Waals surface area (Å²) in [6, 6.07) is 5.66. The highest BCUT2D eigenvalue weighted by Crippen LogP contribution is 2.29. The fourth-order valence-corrected chi connectivity index (χ4v) is 3.16. The van der Waals surface area contributed by atoms with Crippen molar-refractivity contribution in [1.29, 1.82) is 0 Å². The second kappa shape index (κ2) is 14.0. The summed E-state index contributed by atoms with van der Waals surface area (Å²) in [5, 5.41) is 6.68. The van der Waals surface area contributed by atoms with Crippen molar-refractivity contribution in [3.05, 3.63) is 35.4 Å². The summed E-state index contributed by atoms with van der Waals surface area (Å²) in [7, 11) is 3.38. The number of ether oxygens (including phenoxy) is 2. The number of benzene rings is 1. The number of nitrogens with one attached hydrogen (secondary N) is 2. The first kappa shape index (κ1) is 26.9. The molecule has 6 nitrogen and oxygen atoms in total. The molecule has 0 aromatic heterocycles. The number of aliphatic imine (C=N–C) groups is 1. The summed E-state index contributed by atoms with van der Waals surface area (Å²) in [5.74, 6) is 0.753. The lowest BCUT2D eigenvalue weighted by molar-refractivity contribution is -0.137. The molecule has 1 aromatic rings. The van der Waals surface area contributed by atoms with Gasteiger partial charge in [0.1, 0.15) is 0 Å². The largest absolute Gasteiger partial charge is 0.416 e. The molecule has 2 N–H and O–H groups in total. The van der Waals surface area contributed by atoms with E-state index >= 15 is 0 Å². The lowest BCUT2D eigenvalue weighted by Gasteiger charge is -2.19. The van der Waals surface area contributed by atoms with E-state index in [1.165, 1.54) is 0 Å². The van der Waals surface area contributed by atoms with Crippen LogP contribution in [0.15, 0.2) is 29.3 Å². The van der Waals surface area contributed by atoms with Gasteiger partial charge in [-0.25, -0.2) is 0 Å². The van der Waals surface area contributed by atoms with Gasteiger partial charge >= 0.3 is 6.18 Å². The average molecular weight is 544 g/mol. The summed E-state index contributed by atoms with van der Waals surface area (Å²) in [5.41, 5.74) is 0.274. The molecule has 2 rings (SSSR count). The highest BCUT2D eigenvalue weighted by molar-refractivity contribution is 14.0. The van der Waals surface area contributed by atoms with Crippen molar-refractivity contribution in [2.45, 2.75) is 31.6 Å². The fourth-order valence-electron chi connectivity index (χ4n) is 3.16. The van der Waals surface area contributed by atoms with Gasteiger partial charge in [0, 0.05) is 53.0 Å². The Morgan fingerprint density at radius 2 is 1.93 bits per heavy atom. The zero-order chi connectivity index (χ0) is 21.1. The van der Waals surface area contributed by atoms with Crippen LogP contribution in [0.2, 0.25) is 0 Å². The molecule has 1 heterocycles. The maximum atomic E-state index is 12.7. The first-order valence-corrected chi connectivity index (χ1v) is 9.84. The van der Waals surface area contributed by atoms with Crippen molar-refractivity contribution in [3.63, 3.8) is 0 Å². The van der Waals surface area contributed by atoms with Crippen molar-refractivity contribution in [1.82, 2.24) is 15.5 Å². The topological polar surface area (TPSA) is 58.1 Å². The van der Waals surface area contributed by atoms with Crippen molar-refractivity contribution < 1.29 is 22.6 Å². The van der Waals surface area contributed by atoms with Crippen LogP contribution in [0.5, 0.6) is 0 Å². The summed E-state index contributed by atoms with van der Waals surface area (Å²) >= 11 is 0. The minimum absolute atomic E-state index is 0. The Hall–Kier alpha value is -1.11. The second-order valence-electron chi connectivity index (χ2n) is 7.02. The number of hydrogen-bond acceptors (Lipinski definition) is 4. The van der Waals surface area contributed by atoms with Gasteiger partial charge in [-0.15, -0.1) is 24.0 Å². The zero-order valence-corrected chi connectivity index (χ0v) is 19.8. The molecule has 1 aliphatic rings. The molecule has 1 fully saturated rings. The SMILES string of the molecule is CN=C(NCCCOCCOC)NC1CCN(Cc2ccc(C(F)(F)F)cc2)C1.I. The molecule has 1 aromatic carbocycles. The molecule has 1 unspecified atom stereocenters. The van der Waals surface area contributed by atoms with Gasteiger partial charge in [0.25, 0.3) is 0 Å². The molecule has 30 heavy (non-hydrogen) atoms. The molecule has 0 amide bonds. The van der Waals surface area contributed by atoms with E-state index in [2.05, 4.69) is 20.5 Å². The van der Waals surface area contributed by atoms with Gasteiger partial charge in [-0.2, -0.15) is 13.2 Å².